The van der Waals surface area contributed by atoms with E-state index in [-0.39, 0.29) is 11.9 Å². The van der Waals surface area contributed by atoms with Crippen LogP contribution in [0.2, 0.25) is 0 Å². The van der Waals surface area contributed by atoms with Gasteiger partial charge in [-0.1, -0.05) is 13.0 Å². The maximum absolute atomic E-state index is 13.5. The van der Waals surface area contributed by atoms with Crippen molar-refractivity contribution in [2.45, 2.75) is 59.8 Å². The molecule has 0 fully saturated rings. The summed E-state index contributed by atoms with van der Waals surface area (Å²) in [7, 11) is 3.89. The van der Waals surface area contributed by atoms with Crippen LogP contribution in [0.1, 0.15) is 55.1 Å². The first-order valence-electron chi connectivity index (χ1n) is 11.5. The van der Waals surface area contributed by atoms with Crippen molar-refractivity contribution in [2.75, 3.05) is 23.9 Å². The Hall–Kier alpha value is -3.33. The van der Waals surface area contributed by atoms with Crippen molar-refractivity contribution in [1.29, 1.82) is 0 Å². The Morgan fingerprint density at radius 1 is 1.18 bits per heavy atom. The SMILES string of the molecule is CCc1nnc(-c2cccc(N3Cc4c(cc(N(C)C(C)C)nc4CNC)C3=O)n2)n1CC. The Balaban J connectivity index is 1.73. The number of amides is 1. The van der Waals surface area contributed by atoms with Crippen LogP contribution < -0.4 is 15.1 Å². The van der Waals surface area contributed by atoms with Crippen molar-refractivity contribution < 1.29 is 4.79 Å². The lowest BCUT2D eigenvalue weighted by Crippen LogP contribution is -2.27. The molecule has 33 heavy (non-hydrogen) atoms. The van der Waals surface area contributed by atoms with Gasteiger partial charge in [0.2, 0.25) is 0 Å². The predicted molar refractivity (Wildman–Crippen MR) is 129 cm³/mol. The normalized spacial score (nSPS) is 13.2. The van der Waals surface area contributed by atoms with Crippen LogP contribution in [0.25, 0.3) is 11.5 Å². The van der Waals surface area contributed by atoms with E-state index in [1.54, 1.807) is 4.90 Å². The van der Waals surface area contributed by atoms with Gasteiger partial charge in [0.25, 0.3) is 5.91 Å². The van der Waals surface area contributed by atoms with Crippen LogP contribution in [0.15, 0.2) is 24.3 Å². The van der Waals surface area contributed by atoms with Gasteiger partial charge in [-0.05, 0) is 46.0 Å². The van der Waals surface area contributed by atoms with Crippen LogP contribution in [-0.4, -0.2) is 50.8 Å². The van der Waals surface area contributed by atoms with Gasteiger partial charge in [-0.3, -0.25) is 9.69 Å². The third kappa shape index (κ3) is 4.08. The second-order valence-electron chi connectivity index (χ2n) is 8.50. The van der Waals surface area contributed by atoms with E-state index in [4.69, 9.17) is 9.97 Å². The Kier molecular flexibility index (Phi) is 6.42. The van der Waals surface area contributed by atoms with Crippen LogP contribution in [0.3, 0.4) is 0 Å². The average Bonchev–Trinajstić information content (AvgIpc) is 3.39. The molecule has 9 nitrogen and oxygen atoms in total. The first kappa shape index (κ1) is 22.8. The van der Waals surface area contributed by atoms with Gasteiger partial charge in [-0.2, -0.15) is 0 Å². The van der Waals surface area contributed by atoms with Gasteiger partial charge in [-0.15, -0.1) is 10.2 Å². The average molecular weight is 449 g/mol. The molecule has 4 heterocycles. The molecule has 0 unspecified atom stereocenters. The lowest BCUT2D eigenvalue weighted by Gasteiger charge is -2.24. The van der Waals surface area contributed by atoms with Gasteiger partial charge in [0.1, 0.15) is 23.2 Å². The van der Waals surface area contributed by atoms with Crippen LogP contribution in [0.4, 0.5) is 11.6 Å². The zero-order valence-corrected chi connectivity index (χ0v) is 20.3. The van der Waals surface area contributed by atoms with Gasteiger partial charge in [0.05, 0.1) is 17.8 Å². The highest BCUT2D eigenvalue weighted by atomic mass is 16.2. The molecule has 0 spiro atoms. The van der Waals surface area contributed by atoms with Gasteiger partial charge in [0.15, 0.2) is 5.82 Å². The monoisotopic (exact) mass is 448 g/mol. The van der Waals surface area contributed by atoms with Crippen LogP contribution >= 0.6 is 0 Å². The van der Waals surface area contributed by atoms with Crippen molar-refractivity contribution in [3.05, 3.63) is 46.9 Å². The lowest BCUT2D eigenvalue weighted by atomic mass is 10.1. The minimum absolute atomic E-state index is 0.0565. The number of aromatic nitrogens is 5. The summed E-state index contributed by atoms with van der Waals surface area (Å²) in [6.45, 7) is 10.1. The van der Waals surface area contributed by atoms with Crippen molar-refractivity contribution in [3.8, 4) is 11.5 Å². The second kappa shape index (κ2) is 9.27. The van der Waals surface area contributed by atoms with Gasteiger partial charge in [-0.25, -0.2) is 9.97 Å². The summed E-state index contributed by atoms with van der Waals surface area (Å²) in [4.78, 5) is 27.0. The number of aryl methyl sites for hydroxylation is 1. The van der Waals surface area contributed by atoms with E-state index in [9.17, 15) is 4.79 Å². The molecular formula is C24H32N8O. The first-order chi connectivity index (χ1) is 15.9. The fourth-order valence-electron chi connectivity index (χ4n) is 4.11. The zero-order chi connectivity index (χ0) is 23.7. The van der Waals surface area contributed by atoms with Gasteiger partial charge < -0.3 is 14.8 Å². The van der Waals surface area contributed by atoms with E-state index in [1.807, 2.05) is 38.4 Å². The summed E-state index contributed by atoms with van der Waals surface area (Å²) in [5.41, 5.74) is 3.24. The molecule has 0 aliphatic carbocycles. The second-order valence-corrected chi connectivity index (χ2v) is 8.50. The molecule has 1 N–H and O–H groups in total. The molecule has 174 valence electrons. The number of hydrogen-bond donors (Lipinski definition) is 1. The molecule has 3 aromatic heterocycles. The number of pyridine rings is 2. The summed E-state index contributed by atoms with van der Waals surface area (Å²) in [5.74, 6) is 2.99. The van der Waals surface area contributed by atoms with E-state index < -0.39 is 0 Å². The molecule has 0 atom stereocenters. The number of nitrogens with zero attached hydrogens (tertiary/aromatic N) is 7. The van der Waals surface area contributed by atoms with E-state index >= 15 is 0 Å². The largest absolute Gasteiger partial charge is 0.357 e. The standard InChI is InChI=1S/C24H32N8O/c1-7-20-28-29-23(31(20)8-2)18-10-9-11-21(26-18)32-14-17-16(24(32)33)12-22(30(6)15(3)4)27-19(17)13-25-5/h9-12,15,25H,7-8,13-14H2,1-6H3. The van der Waals surface area contributed by atoms with Crippen molar-refractivity contribution in [3.63, 3.8) is 0 Å². The number of carbonyl (C=O) groups excluding carboxylic acids is 1. The first-order valence-corrected chi connectivity index (χ1v) is 11.5. The predicted octanol–water partition coefficient (Wildman–Crippen LogP) is 3.04. The van der Waals surface area contributed by atoms with Crippen LogP contribution in [0.5, 0.6) is 0 Å². The molecule has 0 bridgehead atoms. The van der Waals surface area contributed by atoms with E-state index in [0.29, 0.717) is 30.2 Å². The number of carbonyl (C=O) groups is 1. The molecule has 4 rings (SSSR count). The van der Waals surface area contributed by atoms with E-state index in [2.05, 4.69) is 52.7 Å². The smallest absolute Gasteiger partial charge is 0.260 e. The topological polar surface area (TPSA) is 92.1 Å². The summed E-state index contributed by atoms with van der Waals surface area (Å²) < 4.78 is 2.07. The number of anilines is 2. The third-order valence-electron chi connectivity index (χ3n) is 6.17. The maximum Gasteiger partial charge on any atom is 0.260 e. The highest BCUT2D eigenvalue weighted by molar-refractivity contribution is 6.10. The minimum atomic E-state index is -0.0565. The van der Waals surface area contributed by atoms with Crippen LogP contribution in [-0.2, 0) is 26.1 Å². The Labute approximate surface area is 194 Å². The fraction of sp³-hybridized carbons (Fsp3) is 0.458. The van der Waals surface area contributed by atoms with Crippen molar-refractivity contribution >= 4 is 17.5 Å². The molecule has 1 aliphatic rings. The highest BCUT2D eigenvalue weighted by Gasteiger charge is 2.33. The summed E-state index contributed by atoms with van der Waals surface area (Å²) in [6, 6.07) is 7.87. The van der Waals surface area contributed by atoms with Crippen LogP contribution in [0, 0.1) is 0 Å². The molecule has 3 aromatic rings. The Morgan fingerprint density at radius 3 is 2.64 bits per heavy atom. The number of rotatable bonds is 8. The lowest BCUT2D eigenvalue weighted by molar-refractivity contribution is 0.0996. The van der Waals surface area contributed by atoms with Crippen molar-refractivity contribution in [2.24, 2.45) is 0 Å². The van der Waals surface area contributed by atoms with E-state index in [1.165, 1.54) is 0 Å². The summed E-state index contributed by atoms with van der Waals surface area (Å²) in [5, 5.41) is 11.8. The molecule has 0 saturated heterocycles. The van der Waals surface area contributed by atoms with Gasteiger partial charge >= 0.3 is 0 Å². The van der Waals surface area contributed by atoms with Gasteiger partial charge in [0, 0.05) is 38.2 Å². The maximum atomic E-state index is 13.5. The molecule has 0 radical (unpaired) electrons. The Bertz CT molecular complexity index is 1170. The molecule has 0 aromatic carbocycles. The number of nitrogens with one attached hydrogen (secondary N) is 1. The molecule has 1 aliphatic heterocycles. The highest BCUT2D eigenvalue weighted by Crippen LogP contribution is 2.32. The summed E-state index contributed by atoms with van der Waals surface area (Å²) in [6.07, 6.45) is 0.800. The quantitative estimate of drug-likeness (QED) is 0.566. The molecule has 1 amide bonds. The fourth-order valence-corrected chi connectivity index (χ4v) is 4.11. The minimum Gasteiger partial charge on any atom is -0.357 e. The molecule has 9 heteroatoms. The number of hydrogen-bond acceptors (Lipinski definition) is 7. The number of fused-ring (bicyclic) bond motifs is 1. The third-order valence-corrected chi connectivity index (χ3v) is 6.17. The van der Waals surface area contributed by atoms with Crippen molar-refractivity contribution in [1.82, 2.24) is 30.0 Å². The molecular weight excluding hydrogens is 416 g/mol. The van der Waals surface area contributed by atoms with E-state index in [0.717, 1.165) is 41.7 Å². The molecule has 0 saturated carbocycles. The summed E-state index contributed by atoms with van der Waals surface area (Å²) >= 11 is 0. The Morgan fingerprint density at radius 2 is 1.97 bits per heavy atom. The zero-order valence-electron chi connectivity index (χ0n) is 20.3.